The molecule has 4 nitrogen and oxygen atoms in total. The summed E-state index contributed by atoms with van der Waals surface area (Å²) in [4.78, 5) is 13.8. The van der Waals surface area contributed by atoms with Crippen LogP contribution in [0.4, 0.5) is 13.6 Å². The van der Waals surface area contributed by atoms with Crippen LogP contribution in [0.15, 0.2) is 17.0 Å². The van der Waals surface area contributed by atoms with Gasteiger partial charge in [-0.15, -0.1) is 11.8 Å². The first-order chi connectivity index (χ1) is 13.4. The van der Waals surface area contributed by atoms with Crippen molar-refractivity contribution in [3.63, 3.8) is 0 Å². The average molecular weight is 414 g/mol. The van der Waals surface area contributed by atoms with Crippen LogP contribution in [0.2, 0.25) is 0 Å². The number of carbonyl (C=O) groups is 1. The van der Waals surface area contributed by atoms with Crippen LogP contribution in [-0.4, -0.2) is 43.0 Å². The molecule has 0 aromatic heterocycles. The molecule has 1 aliphatic carbocycles. The maximum atomic E-state index is 13.8. The molecule has 0 N–H and O–H groups in total. The summed E-state index contributed by atoms with van der Waals surface area (Å²) in [6.45, 7) is 5.72. The van der Waals surface area contributed by atoms with Crippen molar-refractivity contribution in [1.29, 1.82) is 0 Å². The second-order valence-corrected chi connectivity index (χ2v) is 8.79. The molecule has 1 aliphatic heterocycles. The van der Waals surface area contributed by atoms with E-state index >= 15 is 0 Å². The number of amides is 1. The molecule has 7 heteroatoms. The van der Waals surface area contributed by atoms with Crippen LogP contribution in [0, 0.1) is 29.4 Å². The Morgan fingerprint density at radius 1 is 1.25 bits per heavy atom. The van der Waals surface area contributed by atoms with Crippen molar-refractivity contribution in [1.82, 2.24) is 4.90 Å². The van der Waals surface area contributed by atoms with Gasteiger partial charge in [-0.05, 0) is 63.5 Å². The molecule has 0 bridgehead atoms. The topological polar surface area (TPSA) is 38.8 Å². The summed E-state index contributed by atoms with van der Waals surface area (Å²) in [5.74, 6) is 1.04. The first-order valence-electron chi connectivity index (χ1n) is 10.0. The third kappa shape index (κ3) is 5.31. The molecule has 28 heavy (non-hydrogen) atoms. The molecule has 1 aromatic rings. The van der Waals surface area contributed by atoms with Gasteiger partial charge in [0.05, 0.1) is 17.6 Å². The molecule has 0 radical (unpaired) electrons. The average Bonchev–Trinajstić information content (AvgIpc) is 3.40. The SMILES string of the molecule is CSc1c(F)cc(OCCC2CC2C2CCN(C(=O)OC(C)C)CC2)cc1F. The zero-order valence-corrected chi connectivity index (χ0v) is 17.6. The number of ether oxygens (including phenoxy) is 2. The second-order valence-electron chi connectivity index (χ2n) is 7.97. The van der Waals surface area contributed by atoms with Gasteiger partial charge in [0.1, 0.15) is 17.4 Å². The minimum absolute atomic E-state index is 0.0261. The van der Waals surface area contributed by atoms with Gasteiger partial charge in [-0.3, -0.25) is 0 Å². The van der Waals surface area contributed by atoms with E-state index in [4.69, 9.17) is 9.47 Å². The highest BCUT2D eigenvalue weighted by Crippen LogP contribution is 2.49. The van der Waals surface area contributed by atoms with E-state index in [1.54, 1.807) is 11.2 Å². The number of nitrogens with zero attached hydrogens (tertiary/aromatic N) is 1. The van der Waals surface area contributed by atoms with E-state index < -0.39 is 11.6 Å². The lowest BCUT2D eigenvalue weighted by atomic mass is 9.91. The Balaban J connectivity index is 1.37. The Kier molecular flexibility index (Phi) is 7.07. The lowest BCUT2D eigenvalue weighted by Crippen LogP contribution is -2.40. The van der Waals surface area contributed by atoms with E-state index in [0.717, 1.165) is 44.1 Å². The number of thioether (sulfide) groups is 1. The fraction of sp³-hybridized carbons (Fsp3) is 0.667. The normalized spacial score (nSPS) is 22.4. The number of hydrogen-bond donors (Lipinski definition) is 0. The Labute approximate surface area is 169 Å². The van der Waals surface area contributed by atoms with Gasteiger partial charge >= 0.3 is 6.09 Å². The van der Waals surface area contributed by atoms with Gasteiger partial charge < -0.3 is 14.4 Å². The zero-order valence-electron chi connectivity index (χ0n) is 16.7. The summed E-state index contributed by atoms with van der Waals surface area (Å²) in [7, 11) is 0. The van der Waals surface area contributed by atoms with E-state index in [2.05, 4.69) is 0 Å². The molecule has 156 valence electrons. The van der Waals surface area contributed by atoms with E-state index in [-0.39, 0.29) is 22.8 Å². The third-order valence-corrected chi connectivity index (χ3v) is 6.45. The lowest BCUT2D eigenvalue weighted by molar-refractivity contribution is 0.0633. The second kappa shape index (κ2) is 9.33. The van der Waals surface area contributed by atoms with Crippen LogP contribution in [0.25, 0.3) is 0 Å². The summed E-state index contributed by atoms with van der Waals surface area (Å²) in [6.07, 6.45) is 5.46. The van der Waals surface area contributed by atoms with Crippen molar-refractivity contribution in [3.05, 3.63) is 23.8 Å². The van der Waals surface area contributed by atoms with E-state index in [1.165, 1.54) is 18.6 Å². The smallest absolute Gasteiger partial charge is 0.410 e. The van der Waals surface area contributed by atoms with Crippen molar-refractivity contribution in [2.45, 2.75) is 50.5 Å². The van der Waals surface area contributed by atoms with Crippen molar-refractivity contribution >= 4 is 17.9 Å². The van der Waals surface area contributed by atoms with Crippen LogP contribution in [0.5, 0.6) is 5.75 Å². The fourth-order valence-corrected chi connectivity index (χ4v) is 4.62. The van der Waals surface area contributed by atoms with Crippen LogP contribution in [0.3, 0.4) is 0 Å². The first kappa shape index (κ1) is 21.2. The van der Waals surface area contributed by atoms with E-state index in [9.17, 15) is 13.6 Å². The minimum atomic E-state index is -0.574. The number of hydrogen-bond acceptors (Lipinski definition) is 4. The van der Waals surface area contributed by atoms with E-state index in [0.29, 0.717) is 24.4 Å². The Bertz CT molecular complexity index is 669. The van der Waals surface area contributed by atoms with Gasteiger partial charge in [0.2, 0.25) is 0 Å². The summed E-state index contributed by atoms with van der Waals surface area (Å²) >= 11 is 1.05. The summed E-state index contributed by atoms with van der Waals surface area (Å²) in [6, 6.07) is 2.51. The standard InChI is InChI=1S/C21H29F2NO3S/c1-13(2)27-21(25)24-7-4-14(5-8-24)17-10-15(17)6-9-26-16-11-18(22)20(28-3)19(23)12-16/h11-15,17H,4-10H2,1-3H3. The maximum Gasteiger partial charge on any atom is 0.410 e. The van der Waals surface area contributed by atoms with Crippen LogP contribution < -0.4 is 4.74 Å². The molecule has 1 saturated heterocycles. The Morgan fingerprint density at radius 2 is 1.89 bits per heavy atom. The molecule has 2 aliphatic rings. The Hall–Kier alpha value is -1.50. The molecule has 1 saturated carbocycles. The number of likely N-dealkylation sites (tertiary alicyclic amines) is 1. The van der Waals surface area contributed by atoms with Gasteiger partial charge in [-0.2, -0.15) is 0 Å². The monoisotopic (exact) mass is 413 g/mol. The molecular weight excluding hydrogens is 384 g/mol. The third-order valence-electron chi connectivity index (χ3n) is 5.65. The van der Waals surface area contributed by atoms with Gasteiger partial charge in [-0.1, -0.05) is 0 Å². The van der Waals surface area contributed by atoms with Crippen molar-refractivity contribution in [2.24, 2.45) is 17.8 Å². The molecule has 2 unspecified atom stereocenters. The van der Waals surface area contributed by atoms with Crippen LogP contribution in [-0.2, 0) is 4.74 Å². The molecule has 3 rings (SSSR count). The fourth-order valence-electron chi connectivity index (χ4n) is 4.11. The number of benzene rings is 1. The first-order valence-corrected chi connectivity index (χ1v) is 11.2. The Morgan fingerprint density at radius 3 is 2.46 bits per heavy atom. The summed E-state index contributed by atoms with van der Waals surface area (Å²) in [5.41, 5.74) is 0. The predicted octanol–water partition coefficient (Wildman–Crippen LogP) is 5.35. The minimum Gasteiger partial charge on any atom is -0.493 e. The molecular formula is C21H29F2NO3S. The van der Waals surface area contributed by atoms with Gasteiger partial charge in [-0.25, -0.2) is 13.6 Å². The predicted molar refractivity (Wildman–Crippen MR) is 106 cm³/mol. The largest absolute Gasteiger partial charge is 0.493 e. The highest BCUT2D eigenvalue weighted by Gasteiger charge is 2.43. The van der Waals surface area contributed by atoms with Crippen molar-refractivity contribution in [3.8, 4) is 5.75 Å². The summed E-state index contributed by atoms with van der Waals surface area (Å²) in [5, 5.41) is 0. The van der Waals surface area contributed by atoms with Crippen molar-refractivity contribution < 1.29 is 23.0 Å². The molecule has 1 aromatic carbocycles. The maximum absolute atomic E-state index is 13.8. The number of carbonyl (C=O) groups excluding carboxylic acids is 1. The zero-order chi connectivity index (χ0) is 20.3. The van der Waals surface area contributed by atoms with Crippen LogP contribution in [0.1, 0.15) is 39.5 Å². The molecule has 1 heterocycles. The van der Waals surface area contributed by atoms with Gasteiger partial charge in [0, 0.05) is 25.2 Å². The highest BCUT2D eigenvalue weighted by molar-refractivity contribution is 7.98. The number of piperidine rings is 1. The van der Waals surface area contributed by atoms with E-state index in [1.807, 2.05) is 13.8 Å². The quantitative estimate of drug-likeness (QED) is 0.565. The van der Waals surface area contributed by atoms with Gasteiger partial charge in [0.25, 0.3) is 0 Å². The molecule has 0 spiro atoms. The van der Waals surface area contributed by atoms with Crippen molar-refractivity contribution in [2.75, 3.05) is 26.0 Å². The van der Waals surface area contributed by atoms with Crippen LogP contribution >= 0.6 is 11.8 Å². The lowest BCUT2D eigenvalue weighted by Gasteiger charge is -2.32. The molecule has 2 fully saturated rings. The molecule has 1 amide bonds. The number of rotatable bonds is 7. The summed E-state index contributed by atoms with van der Waals surface area (Å²) < 4.78 is 38.4. The molecule has 2 atom stereocenters. The number of halogens is 2. The highest BCUT2D eigenvalue weighted by atomic mass is 32.2. The van der Waals surface area contributed by atoms with Gasteiger partial charge in [0.15, 0.2) is 0 Å².